The van der Waals surface area contributed by atoms with Crippen LogP contribution in [-0.4, -0.2) is 20.5 Å². The number of hydrogen-bond donors (Lipinski definition) is 0. The second-order valence-corrected chi connectivity index (χ2v) is 3.80. The second kappa shape index (κ2) is 5.91. The van der Waals surface area contributed by atoms with E-state index in [1.54, 1.807) is 44.6 Å². The Kier molecular flexibility index (Phi) is 4.03. The van der Waals surface area contributed by atoms with Crippen molar-refractivity contribution in [1.29, 1.82) is 0 Å². The maximum Gasteiger partial charge on any atom is 0.153 e. The van der Waals surface area contributed by atoms with Crippen LogP contribution in [0.15, 0.2) is 42.5 Å². The third kappa shape index (κ3) is 3.04. The van der Waals surface area contributed by atoms with Crippen molar-refractivity contribution >= 4 is 6.29 Å². The quantitative estimate of drug-likeness (QED) is 0.772. The first-order valence-electron chi connectivity index (χ1n) is 5.72. The van der Waals surface area contributed by atoms with E-state index in [1.807, 2.05) is 12.1 Å². The van der Waals surface area contributed by atoms with Crippen molar-refractivity contribution in [3.63, 3.8) is 0 Å². The van der Waals surface area contributed by atoms with Crippen LogP contribution in [0, 0.1) is 0 Å². The van der Waals surface area contributed by atoms with Crippen LogP contribution in [-0.2, 0) is 0 Å². The van der Waals surface area contributed by atoms with E-state index in [9.17, 15) is 4.79 Å². The number of rotatable bonds is 5. The Balaban J connectivity index is 2.33. The summed E-state index contributed by atoms with van der Waals surface area (Å²) in [4.78, 5) is 11.0. The number of carbonyl (C=O) groups excluding carboxylic acids is 1. The van der Waals surface area contributed by atoms with Crippen LogP contribution < -0.4 is 14.2 Å². The first-order valence-corrected chi connectivity index (χ1v) is 5.72. The van der Waals surface area contributed by atoms with E-state index in [2.05, 4.69) is 0 Å². The zero-order valence-electron chi connectivity index (χ0n) is 10.8. The highest BCUT2D eigenvalue weighted by atomic mass is 16.5. The molecule has 0 atom stereocenters. The summed E-state index contributed by atoms with van der Waals surface area (Å²) in [6.45, 7) is 0. The molecule has 0 saturated heterocycles. The summed E-state index contributed by atoms with van der Waals surface area (Å²) in [6.07, 6.45) is 0.745. The highest BCUT2D eigenvalue weighted by Gasteiger charge is 2.07. The molecule has 0 bridgehead atoms. The third-order valence-corrected chi connectivity index (χ3v) is 2.62. The SMILES string of the molecule is COc1cccc(Oc2cc(OC)ccc2C=O)c1. The standard InChI is InChI=1S/C15H14O4/c1-17-12-4-3-5-14(8-12)19-15-9-13(18-2)7-6-11(15)10-16/h3-10H,1-2H3. The van der Waals surface area contributed by atoms with Crippen molar-refractivity contribution in [3.8, 4) is 23.0 Å². The van der Waals surface area contributed by atoms with Gasteiger partial charge in [-0.3, -0.25) is 4.79 Å². The fourth-order valence-corrected chi connectivity index (χ4v) is 1.62. The van der Waals surface area contributed by atoms with Gasteiger partial charge in [-0.25, -0.2) is 0 Å². The van der Waals surface area contributed by atoms with E-state index in [0.717, 1.165) is 6.29 Å². The van der Waals surface area contributed by atoms with E-state index in [0.29, 0.717) is 28.6 Å². The smallest absolute Gasteiger partial charge is 0.153 e. The molecule has 0 N–H and O–H groups in total. The van der Waals surface area contributed by atoms with Crippen LogP contribution in [0.2, 0.25) is 0 Å². The highest BCUT2D eigenvalue weighted by molar-refractivity contribution is 5.80. The van der Waals surface area contributed by atoms with Crippen molar-refractivity contribution < 1.29 is 19.0 Å². The second-order valence-electron chi connectivity index (χ2n) is 3.80. The average molecular weight is 258 g/mol. The van der Waals surface area contributed by atoms with E-state index >= 15 is 0 Å². The number of hydrogen-bond acceptors (Lipinski definition) is 4. The van der Waals surface area contributed by atoms with Gasteiger partial charge < -0.3 is 14.2 Å². The molecular weight excluding hydrogens is 244 g/mol. The Labute approximate surface area is 111 Å². The van der Waals surface area contributed by atoms with E-state index in [1.165, 1.54) is 0 Å². The first kappa shape index (κ1) is 13.0. The minimum absolute atomic E-state index is 0.447. The normalized spacial score (nSPS) is 9.79. The molecular formula is C15H14O4. The molecule has 19 heavy (non-hydrogen) atoms. The fraction of sp³-hybridized carbons (Fsp3) is 0.133. The summed E-state index contributed by atoms with van der Waals surface area (Å²) in [6, 6.07) is 12.2. The minimum Gasteiger partial charge on any atom is -0.497 e. The van der Waals surface area contributed by atoms with Gasteiger partial charge in [-0.15, -0.1) is 0 Å². The molecule has 0 spiro atoms. The minimum atomic E-state index is 0.447. The molecule has 0 heterocycles. The Morgan fingerprint density at radius 3 is 2.26 bits per heavy atom. The molecule has 0 unspecified atom stereocenters. The third-order valence-electron chi connectivity index (χ3n) is 2.62. The Bertz CT molecular complexity index is 578. The lowest BCUT2D eigenvalue weighted by Gasteiger charge is -2.10. The van der Waals surface area contributed by atoms with E-state index < -0.39 is 0 Å². The maximum absolute atomic E-state index is 11.0. The summed E-state index contributed by atoms with van der Waals surface area (Å²) >= 11 is 0. The number of carbonyl (C=O) groups is 1. The number of benzene rings is 2. The first-order chi connectivity index (χ1) is 9.26. The molecule has 2 aromatic carbocycles. The number of ether oxygens (including phenoxy) is 3. The topological polar surface area (TPSA) is 44.8 Å². The summed E-state index contributed by atoms with van der Waals surface area (Å²) in [5.41, 5.74) is 0.462. The van der Waals surface area contributed by atoms with Crippen LogP contribution in [0.5, 0.6) is 23.0 Å². The van der Waals surface area contributed by atoms with Crippen LogP contribution in [0.1, 0.15) is 10.4 Å². The summed E-state index contributed by atoms with van der Waals surface area (Å²) in [5.74, 6) is 2.36. The lowest BCUT2D eigenvalue weighted by molar-refractivity contribution is 0.112. The molecule has 4 heteroatoms. The molecule has 98 valence electrons. The van der Waals surface area contributed by atoms with Gasteiger partial charge in [0, 0.05) is 12.1 Å². The van der Waals surface area contributed by atoms with Crippen molar-refractivity contribution in [2.24, 2.45) is 0 Å². The Hall–Kier alpha value is -2.49. The fourth-order valence-electron chi connectivity index (χ4n) is 1.62. The molecule has 0 fully saturated rings. The zero-order valence-corrected chi connectivity index (χ0v) is 10.8. The Morgan fingerprint density at radius 2 is 1.58 bits per heavy atom. The predicted octanol–water partition coefficient (Wildman–Crippen LogP) is 3.31. The van der Waals surface area contributed by atoms with Gasteiger partial charge in [-0.05, 0) is 24.3 Å². The lowest BCUT2D eigenvalue weighted by atomic mass is 10.2. The van der Waals surface area contributed by atoms with Crippen molar-refractivity contribution in [2.45, 2.75) is 0 Å². The molecule has 0 radical (unpaired) electrons. The van der Waals surface area contributed by atoms with Crippen molar-refractivity contribution in [2.75, 3.05) is 14.2 Å². The monoisotopic (exact) mass is 258 g/mol. The van der Waals surface area contributed by atoms with Gasteiger partial charge in [0.25, 0.3) is 0 Å². The van der Waals surface area contributed by atoms with Crippen LogP contribution >= 0.6 is 0 Å². The Morgan fingerprint density at radius 1 is 0.895 bits per heavy atom. The molecule has 4 nitrogen and oxygen atoms in total. The predicted molar refractivity (Wildman–Crippen MR) is 71.4 cm³/mol. The van der Waals surface area contributed by atoms with E-state index in [4.69, 9.17) is 14.2 Å². The van der Waals surface area contributed by atoms with Gasteiger partial charge in [0.05, 0.1) is 19.8 Å². The largest absolute Gasteiger partial charge is 0.497 e. The number of methoxy groups -OCH3 is 2. The van der Waals surface area contributed by atoms with Crippen LogP contribution in [0.4, 0.5) is 0 Å². The van der Waals surface area contributed by atoms with E-state index in [-0.39, 0.29) is 0 Å². The molecule has 0 aromatic heterocycles. The molecule has 0 aliphatic carbocycles. The van der Waals surface area contributed by atoms with Gasteiger partial charge in [0.1, 0.15) is 23.0 Å². The maximum atomic E-state index is 11.0. The van der Waals surface area contributed by atoms with Gasteiger partial charge in [0.15, 0.2) is 6.29 Å². The van der Waals surface area contributed by atoms with Crippen molar-refractivity contribution in [1.82, 2.24) is 0 Å². The zero-order chi connectivity index (χ0) is 13.7. The summed E-state index contributed by atoms with van der Waals surface area (Å²) in [7, 11) is 3.15. The van der Waals surface area contributed by atoms with Gasteiger partial charge in [0.2, 0.25) is 0 Å². The molecule has 0 aliphatic heterocycles. The van der Waals surface area contributed by atoms with Crippen LogP contribution in [0.3, 0.4) is 0 Å². The van der Waals surface area contributed by atoms with Gasteiger partial charge in [-0.2, -0.15) is 0 Å². The summed E-state index contributed by atoms with van der Waals surface area (Å²) in [5, 5.41) is 0. The molecule has 2 aromatic rings. The molecule has 2 rings (SSSR count). The van der Waals surface area contributed by atoms with Gasteiger partial charge in [-0.1, -0.05) is 6.07 Å². The highest BCUT2D eigenvalue weighted by Crippen LogP contribution is 2.30. The molecule has 0 amide bonds. The lowest BCUT2D eigenvalue weighted by Crippen LogP contribution is -1.92. The van der Waals surface area contributed by atoms with Gasteiger partial charge >= 0.3 is 0 Å². The van der Waals surface area contributed by atoms with Crippen molar-refractivity contribution in [3.05, 3.63) is 48.0 Å². The van der Waals surface area contributed by atoms with Crippen LogP contribution in [0.25, 0.3) is 0 Å². The average Bonchev–Trinajstić information content (AvgIpc) is 2.47. The summed E-state index contributed by atoms with van der Waals surface area (Å²) < 4.78 is 15.9. The molecule has 0 saturated carbocycles. The molecule has 0 aliphatic rings. The number of aldehydes is 1.